The third-order valence-electron chi connectivity index (χ3n) is 5.74. The average Bonchev–Trinajstić information content (AvgIpc) is 2.92. The van der Waals surface area contributed by atoms with Gasteiger partial charge < -0.3 is 14.8 Å². The number of carbonyl (C=O) groups is 1. The highest BCUT2D eigenvalue weighted by atomic mass is 32.2. The number of halogens is 3. The molecule has 14 heteroatoms. The highest BCUT2D eigenvalue weighted by molar-refractivity contribution is 8.00. The maximum Gasteiger partial charge on any atom is 0.416 e. The van der Waals surface area contributed by atoms with Crippen molar-refractivity contribution in [2.45, 2.75) is 11.2 Å². The van der Waals surface area contributed by atoms with Crippen LogP contribution in [0.1, 0.15) is 5.56 Å². The molecule has 0 atom stereocenters. The van der Waals surface area contributed by atoms with Gasteiger partial charge in [-0.15, -0.1) is 0 Å². The summed E-state index contributed by atoms with van der Waals surface area (Å²) < 4.78 is 51.1. The fourth-order valence-electron chi connectivity index (χ4n) is 3.71. The van der Waals surface area contributed by atoms with Gasteiger partial charge in [-0.05, 0) is 42.5 Å². The fraction of sp³-hybridized carbons (Fsp3) is 0.240. The molecule has 0 saturated carbocycles. The van der Waals surface area contributed by atoms with Crippen LogP contribution in [0.5, 0.6) is 11.5 Å². The molecule has 0 saturated heterocycles. The molecule has 1 amide bonds. The zero-order valence-electron chi connectivity index (χ0n) is 21.1. The molecule has 2 aromatic heterocycles. The van der Waals surface area contributed by atoms with E-state index in [-0.39, 0.29) is 33.3 Å². The Bertz CT molecular complexity index is 1680. The Balaban J connectivity index is 1.71. The first-order valence-corrected chi connectivity index (χ1v) is 12.2. The summed E-state index contributed by atoms with van der Waals surface area (Å²) in [6.07, 6.45) is -4.50. The van der Waals surface area contributed by atoms with Crippen molar-refractivity contribution in [3.8, 4) is 22.9 Å². The predicted octanol–water partition coefficient (Wildman–Crippen LogP) is 3.46. The Hall–Kier alpha value is -4.33. The number of amides is 1. The number of nitrogens with one attached hydrogen (secondary N) is 1. The summed E-state index contributed by atoms with van der Waals surface area (Å²) in [4.78, 5) is 47.2. The summed E-state index contributed by atoms with van der Waals surface area (Å²) in [5, 5.41) is 2.70. The number of fused-ring (bicyclic) bond motifs is 1. The number of methoxy groups -OCH3 is 2. The van der Waals surface area contributed by atoms with E-state index in [1.165, 1.54) is 32.9 Å². The topological polar surface area (TPSA) is 117 Å². The van der Waals surface area contributed by atoms with Crippen molar-refractivity contribution in [1.29, 1.82) is 0 Å². The molecule has 39 heavy (non-hydrogen) atoms. The van der Waals surface area contributed by atoms with Gasteiger partial charge in [0, 0.05) is 25.3 Å². The van der Waals surface area contributed by atoms with Crippen LogP contribution < -0.4 is 26.0 Å². The van der Waals surface area contributed by atoms with Gasteiger partial charge >= 0.3 is 11.9 Å². The molecule has 1 N–H and O–H groups in total. The number of carbonyl (C=O) groups excluding carboxylic acids is 1. The van der Waals surface area contributed by atoms with Crippen LogP contribution in [0.4, 0.5) is 18.9 Å². The molecule has 0 aliphatic heterocycles. The Labute approximate surface area is 223 Å². The molecule has 2 aromatic carbocycles. The molecule has 4 aromatic rings. The van der Waals surface area contributed by atoms with E-state index in [0.29, 0.717) is 17.1 Å². The predicted molar refractivity (Wildman–Crippen MR) is 139 cm³/mol. The van der Waals surface area contributed by atoms with Crippen LogP contribution in [-0.2, 0) is 25.1 Å². The lowest BCUT2D eigenvalue weighted by Gasteiger charge is -2.13. The number of rotatable bonds is 7. The maximum absolute atomic E-state index is 13.0. The summed E-state index contributed by atoms with van der Waals surface area (Å²) in [6.45, 7) is 0. The van der Waals surface area contributed by atoms with Gasteiger partial charge in [-0.3, -0.25) is 18.7 Å². The van der Waals surface area contributed by atoms with Crippen molar-refractivity contribution in [2.75, 3.05) is 25.3 Å². The van der Waals surface area contributed by atoms with E-state index >= 15 is 0 Å². The molecule has 0 fully saturated rings. The minimum Gasteiger partial charge on any atom is -0.493 e. The summed E-state index contributed by atoms with van der Waals surface area (Å²) in [5.74, 6) is 0.266. The quantitative estimate of drug-likeness (QED) is 0.269. The van der Waals surface area contributed by atoms with Crippen molar-refractivity contribution in [2.24, 2.45) is 14.1 Å². The van der Waals surface area contributed by atoms with E-state index < -0.39 is 28.9 Å². The molecular weight excluding hydrogens is 539 g/mol. The molecule has 2 heterocycles. The van der Waals surface area contributed by atoms with Crippen molar-refractivity contribution >= 4 is 34.4 Å². The van der Waals surface area contributed by atoms with Gasteiger partial charge in [-0.2, -0.15) is 13.2 Å². The van der Waals surface area contributed by atoms with Crippen LogP contribution in [-0.4, -0.2) is 45.0 Å². The minimum absolute atomic E-state index is 0.0381. The molecule has 10 nitrogen and oxygen atoms in total. The molecule has 0 radical (unpaired) electrons. The minimum atomic E-state index is -4.50. The summed E-state index contributed by atoms with van der Waals surface area (Å²) in [7, 11) is 5.73. The van der Waals surface area contributed by atoms with Gasteiger partial charge in [-0.1, -0.05) is 11.8 Å². The molecule has 0 spiro atoms. The fourth-order valence-corrected chi connectivity index (χ4v) is 4.53. The molecule has 0 unspecified atom stereocenters. The molecule has 4 rings (SSSR count). The van der Waals surface area contributed by atoms with Crippen molar-refractivity contribution < 1.29 is 27.4 Å². The van der Waals surface area contributed by atoms with Gasteiger partial charge in [0.1, 0.15) is 10.4 Å². The van der Waals surface area contributed by atoms with E-state index in [4.69, 9.17) is 9.47 Å². The number of nitrogens with zero attached hydrogens (tertiary/aromatic N) is 4. The number of aromatic nitrogens is 4. The van der Waals surface area contributed by atoms with Gasteiger partial charge in [0.15, 0.2) is 23.0 Å². The van der Waals surface area contributed by atoms with Gasteiger partial charge in [0.2, 0.25) is 5.91 Å². The number of hydrogen-bond acceptors (Lipinski definition) is 8. The van der Waals surface area contributed by atoms with Crippen LogP contribution in [0, 0.1) is 0 Å². The lowest BCUT2D eigenvalue weighted by Crippen LogP contribution is -2.37. The van der Waals surface area contributed by atoms with Gasteiger partial charge in [0.25, 0.3) is 5.56 Å². The van der Waals surface area contributed by atoms with Crippen molar-refractivity contribution in [3.05, 3.63) is 68.9 Å². The highest BCUT2D eigenvalue weighted by Gasteiger charge is 2.30. The van der Waals surface area contributed by atoms with Crippen LogP contribution in [0.3, 0.4) is 0 Å². The van der Waals surface area contributed by atoms with E-state index in [2.05, 4.69) is 15.3 Å². The Morgan fingerprint density at radius 3 is 2.26 bits per heavy atom. The lowest BCUT2D eigenvalue weighted by atomic mass is 10.2. The first kappa shape index (κ1) is 27.7. The second-order valence-electron chi connectivity index (χ2n) is 8.24. The average molecular weight is 562 g/mol. The molecule has 0 bridgehead atoms. The van der Waals surface area contributed by atoms with E-state index in [1.807, 2.05) is 0 Å². The smallest absolute Gasteiger partial charge is 0.416 e. The Morgan fingerprint density at radius 1 is 0.974 bits per heavy atom. The van der Waals surface area contributed by atoms with Crippen LogP contribution in [0.25, 0.3) is 22.4 Å². The number of anilines is 1. The molecular formula is C25H22F3N5O5S. The summed E-state index contributed by atoms with van der Waals surface area (Å²) in [5.41, 5.74) is -1.35. The number of thioether (sulfide) groups is 1. The Morgan fingerprint density at radius 2 is 1.64 bits per heavy atom. The summed E-state index contributed by atoms with van der Waals surface area (Å²) in [6, 6.07) is 8.96. The van der Waals surface area contributed by atoms with E-state index in [0.717, 1.165) is 40.6 Å². The first-order valence-electron chi connectivity index (χ1n) is 11.2. The van der Waals surface area contributed by atoms with Crippen molar-refractivity contribution in [1.82, 2.24) is 19.1 Å². The second kappa shape index (κ2) is 10.8. The standard InChI is InChI=1S/C25H22F3N5O5S/c1-32-21-19(23(35)33(2)24(32)36)22(31-20(30-21)13-5-10-16(37-3)17(11-13)38-4)39-12-18(34)29-15-8-6-14(7-9-15)25(26,27)28/h5-11H,12H2,1-4H3,(H,29,34). The number of alkyl halides is 3. The molecule has 0 aliphatic rings. The number of benzene rings is 2. The van der Waals surface area contributed by atoms with Crippen LogP contribution in [0.2, 0.25) is 0 Å². The van der Waals surface area contributed by atoms with Crippen LogP contribution in [0.15, 0.2) is 57.1 Å². The third-order valence-corrected chi connectivity index (χ3v) is 6.72. The zero-order chi connectivity index (χ0) is 28.5. The van der Waals surface area contributed by atoms with E-state index in [9.17, 15) is 27.6 Å². The maximum atomic E-state index is 13.0. The van der Waals surface area contributed by atoms with Gasteiger partial charge in [-0.25, -0.2) is 14.8 Å². The first-order chi connectivity index (χ1) is 18.4. The number of ether oxygens (including phenoxy) is 2. The molecule has 204 valence electrons. The largest absolute Gasteiger partial charge is 0.493 e. The van der Waals surface area contributed by atoms with Crippen molar-refractivity contribution in [3.63, 3.8) is 0 Å². The van der Waals surface area contributed by atoms with Crippen LogP contribution >= 0.6 is 11.8 Å². The van der Waals surface area contributed by atoms with E-state index in [1.54, 1.807) is 18.2 Å². The third kappa shape index (κ3) is 5.60. The lowest BCUT2D eigenvalue weighted by molar-refractivity contribution is -0.137. The highest BCUT2D eigenvalue weighted by Crippen LogP contribution is 2.33. The molecule has 0 aliphatic carbocycles. The normalized spacial score (nSPS) is 11.5. The number of hydrogen-bond donors (Lipinski definition) is 1. The summed E-state index contributed by atoms with van der Waals surface area (Å²) >= 11 is 0.921. The monoisotopic (exact) mass is 561 g/mol. The zero-order valence-corrected chi connectivity index (χ0v) is 21.9. The SMILES string of the molecule is COc1ccc(-c2nc(SCC(=O)Nc3ccc(C(F)(F)F)cc3)c3c(=O)n(C)c(=O)n(C)c3n2)cc1OC. The van der Waals surface area contributed by atoms with Gasteiger partial charge in [0.05, 0.1) is 25.5 Å². The second-order valence-corrected chi connectivity index (χ2v) is 9.20. The number of aryl methyl sites for hydroxylation is 1. The Kier molecular flexibility index (Phi) is 7.67.